The number of carbonyl (C=O) groups excluding carboxylic acids is 2. The summed E-state index contributed by atoms with van der Waals surface area (Å²) in [5, 5.41) is 8.69. The molecule has 1 aliphatic rings. The van der Waals surface area contributed by atoms with Gasteiger partial charge in [-0.2, -0.15) is 0 Å². The standard InChI is InChI=1S/C16H24N4O2/c1-12(15(21)20(2)14-8-10-17-11-9-14)18-16(22)19-13-6-4-3-5-7-13/h3-7,12,14,17H,8-11H2,1-2H3,(H2,18,19,22). The molecule has 1 aromatic carbocycles. The van der Waals surface area contributed by atoms with Gasteiger partial charge in [0.15, 0.2) is 0 Å². The fraction of sp³-hybridized carbons (Fsp3) is 0.500. The lowest BCUT2D eigenvalue weighted by molar-refractivity contribution is -0.134. The van der Waals surface area contributed by atoms with Crippen molar-refractivity contribution in [2.75, 3.05) is 25.5 Å². The van der Waals surface area contributed by atoms with Crippen molar-refractivity contribution in [2.24, 2.45) is 0 Å². The molecular weight excluding hydrogens is 280 g/mol. The van der Waals surface area contributed by atoms with Gasteiger partial charge in [-0.05, 0) is 45.0 Å². The second kappa shape index (κ2) is 7.79. The van der Waals surface area contributed by atoms with E-state index >= 15 is 0 Å². The molecule has 2 rings (SSSR count). The Balaban J connectivity index is 1.83. The highest BCUT2D eigenvalue weighted by Crippen LogP contribution is 2.11. The van der Waals surface area contributed by atoms with Crippen LogP contribution in [-0.4, -0.2) is 49.1 Å². The number of para-hydroxylation sites is 1. The topological polar surface area (TPSA) is 73.5 Å². The molecule has 3 amide bonds. The molecule has 0 aromatic heterocycles. The van der Waals surface area contributed by atoms with Gasteiger partial charge in [0, 0.05) is 18.8 Å². The molecule has 0 saturated carbocycles. The number of urea groups is 1. The zero-order valence-electron chi connectivity index (χ0n) is 13.1. The number of anilines is 1. The molecule has 1 unspecified atom stereocenters. The summed E-state index contributed by atoms with van der Waals surface area (Å²) in [7, 11) is 1.81. The number of rotatable bonds is 4. The summed E-state index contributed by atoms with van der Waals surface area (Å²) in [5.41, 5.74) is 0.700. The van der Waals surface area contributed by atoms with E-state index in [-0.39, 0.29) is 18.0 Å². The summed E-state index contributed by atoms with van der Waals surface area (Å²) in [5.74, 6) is -0.0601. The Morgan fingerprint density at radius 3 is 2.50 bits per heavy atom. The predicted molar refractivity (Wildman–Crippen MR) is 86.7 cm³/mol. The number of piperidine rings is 1. The lowest BCUT2D eigenvalue weighted by atomic mass is 10.0. The molecule has 0 spiro atoms. The highest BCUT2D eigenvalue weighted by molar-refractivity contribution is 5.93. The molecule has 1 aliphatic heterocycles. The Labute approximate surface area is 131 Å². The number of hydrogen-bond acceptors (Lipinski definition) is 3. The normalized spacial score (nSPS) is 16.6. The minimum absolute atomic E-state index is 0.0601. The first-order valence-electron chi connectivity index (χ1n) is 7.68. The third kappa shape index (κ3) is 4.46. The summed E-state index contributed by atoms with van der Waals surface area (Å²) in [6.45, 7) is 3.57. The molecule has 1 heterocycles. The quantitative estimate of drug-likeness (QED) is 0.787. The number of benzene rings is 1. The lowest BCUT2D eigenvalue weighted by Gasteiger charge is -2.33. The van der Waals surface area contributed by atoms with Crippen LogP contribution in [0.2, 0.25) is 0 Å². The van der Waals surface area contributed by atoms with Crippen LogP contribution in [0.15, 0.2) is 30.3 Å². The van der Waals surface area contributed by atoms with Crippen molar-refractivity contribution < 1.29 is 9.59 Å². The Morgan fingerprint density at radius 1 is 1.23 bits per heavy atom. The second-order valence-corrected chi connectivity index (χ2v) is 5.62. The van der Waals surface area contributed by atoms with Crippen LogP contribution < -0.4 is 16.0 Å². The van der Waals surface area contributed by atoms with Gasteiger partial charge in [0.05, 0.1) is 0 Å². The van der Waals surface area contributed by atoms with Crippen molar-refractivity contribution >= 4 is 17.6 Å². The molecule has 0 aliphatic carbocycles. The van der Waals surface area contributed by atoms with Crippen molar-refractivity contribution in [3.63, 3.8) is 0 Å². The van der Waals surface area contributed by atoms with Crippen LogP contribution in [0.4, 0.5) is 10.5 Å². The van der Waals surface area contributed by atoms with E-state index in [0.29, 0.717) is 5.69 Å². The minimum Gasteiger partial charge on any atom is -0.341 e. The van der Waals surface area contributed by atoms with Crippen LogP contribution in [0, 0.1) is 0 Å². The first-order valence-corrected chi connectivity index (χ1v) is 7.68. The van der Waals surface area contributed by atoms with Gasteiger partial charge in [-0.15, -0.1) is 0 Å². The predicted octanol–water partition coefficient (Wildman–Crippen LogP) is 1.41. The van der Waals surface area contributed by atoms with Crippen LogP contribution in [-0.2, 0) is 4.79 Å². The van der Waals surface area contributed by atoms with Crippen LogP contribution >= 0.6 is 0 Å². The number of hydrogen-bond donors (Lipinski definition) is 3. The fourth-order valence-electron chi connectivity index (χ4n) is 2.63. The zero-order chi connectivity index (χ0) is 15.9. The minimum atomic E-state index is -0.552. The molecule has 6 nitrogen and oxygen atoms in total. The molecule has 0 bridgehead atoms. The number of amides is 3. The van der Waals surface area contributed by atoms with Crippen molar-refractivity contribution in [3.8, 4) is 0 Å². The maximum absolute atomic E-state index is 12.4. The first kappa shape index (κ1) is 16.3. The summed E-state index contributed by atoms with van der Waals surface area (Å²) >= 11 is 0. The van der Waals surface area contributed by atoms with Gasteiger partial charge in [-0.3, -0.25) is 4.79 Å². The molecular formula is C16H24N4O2. The number of nitrogens with one attached hydrogen (secondary N) is 3. The zero-order valence-corrected chi connectivity index (χ0v) is 13.1. The van der Waals surface area contributed by atoms with E-state index in [1.54, 1.807) is 24.0 Å². The third-order valence-corrected chi connectivity index (χ3v) is 3.95. The first-order chi connectivity index (χ1) is 10.6. The summed E-state index contributed by atoms with van der Waals surface area (Å²) in [6.07, 6.45) is 1.90. The Hall–Kier alpha value is -2.08. The van der Waals surface area contributed by atoms with Gasteiger partial charge in [-0.25, -0.2) is 4.79 Å². The van der Waals surface area contributed by atoms with E-state index in [1.165, 1.54) is 0 Å². The van der Waals surface area contributed by atoms with Gasteiger partial charge in [0.1, 0.15) is 6.04 Å². The average molecular weight is 304 g/mol. The summed E-state index contributed by atoms with van der Waals surface area (Å²) in [6, 6.07) is 8.48. The SMILES string of the molecule is CC(NC(=O)Nc1ccccc1)C(=O)N(C)C1CCNCC1. The van der Waals surface area contributed by atoms with Gasteiger partial charge in [0.2, 0.25) is 5.91 Å². The number of likely N-dealkylation sites (N-methyl/N-ethyl adjacent to an activating group) is 1. The number of carbonyl (C=O) groups is 2. The monoisotopic (exact) mass is 304 g/mol. The molecule has 0 radical (unpaired) electrons. The number of nitrogens with zero attached hydrogens (tertiary/aromatic N) is 1. The van der Waals surface area contributed by atoms with E-state index in [0.717, 1.165) is 25.9 Å². The van der Waals surface area contributed by atoms with Crippen LogP contribution in [0.3, 0.4) is 0 Å². The van der Waals surface area contributed by atoms with Crippen molar-refractivity contribution in [2.45, 2.75) is 31.8 Å². The van der Waals surface area contributed by atoms with E-state index in [4.69, 9.17) is 0 Å². The summed E-state index contributed by atoms with van der Waals surface area (Å²) in [4.78, 5) is 26.1. The third-order valence-electron chi connectivity index (χ3n) is 3.95. The van der Waals surface area contributed by atoms with Gasteiger partial charge >= 0.3 is 6.03 Å². The molecule has 1 saturated heterocycles. The Morgan fingerprint density at radius 2 is 1.86 bits per heavy atom. The molecule has 6 heteroatoms. The van der Waals surface area contributed by atoms with Crippen molar-refractivity contribution in [1.82, 2.24) is 15.5 Å². The average Bonchev–Trinajstić information content (AvgIpc) is 2.55. The molecule has 1 atom stereocenters. The van der Waals surface area contributed by atoms with Crippen LogP contribution in [0.5, 0.6) is 0 Å². The maximum Gasteiger partial charge on any atom is 0.319 e. The highest BCUT2D eigenvalue weighted by atomic mass is 16.2. The highest BCUT2D eigenvalue weighted by Gasteiger charge is 2.26. The van der Waals surface area contributed by atoms with Gasteiger partial charge in [-0.1, -0.05) is 18.2 Å². The Bertz CT molecular complexity index is 500. The maximum atomic E-state index is 12.4. The van der Waals surface area contributed by atoms with Crippen molar-refractivity contribution in [1.29, 1.82) is 0 Å². The smallest absolute Gasteiger partial charge is 0.319 e. The van der Waals surface area contributed by atoms with E-state index < -0.39 is 6.04 Å². The Kier molecular flexibility index (Phi) is 5.77. The van der Waals surface area contributed by atoms with Crippen LogP contribution in [0.1, 0.15) is 19.8 Å². The summed E-state index contributed by atoms with van der Waals surface area (Å²) < 4.78 is 0. The molecule has 3 N–H and O–H groups in total. The van der Waals surface area contributed by atoms with Gasteiger partial charge < -0.3 is 20.9 Å². The molecule has 120 valence electrons. The van der Waals surface area contributed by atoms with E-state index in [1.807, 2.05) is 25.2 Å². The molecule has 1 fully saturated rings. The molecule has 22 heavy (non-hydrogen) atoms. The van der Waals surface area contributed by atoms with E-state index in [9.17, 15) is 9.59 Å². The largest absolute Gasteiger partial charge is 0.341 e. The van der Waals surface area contributed by atoms with E-state index in [2.05, 4.69) is 16.0 Å². The lowest BCUT2D eigenvalue weighted by Crippen LogP contribution is -2.51. The van der Waals surface area contributed by atoms with Gasteiger partial charge in [0.25, 0.3) is 0 Å². The second-order valence-electron chi connectivity index (χ2n) is 5.62. The molecule has 1 aromatic rings. The van der Waals surface area contributed by atoms with Crippen molar-refractivity contribution in [3.05, 3.63) is 30.3 Å². The fourth-order valence-corrected chi connectivity index (χ4v) is 2.63. The van der Waals surface area contributed by atoms with Crippen LogP contribution in [0.25, 0.3) is 0 Å².